The summed E-state index contributed by atoms with van der Waals surface area (Å²) in [5.74, 6) is -3.21. The van der Waals surface area contributed by atoms with E-state index in [1.807, 2.05) is 48.5 Å². The Morgan fingerprint density at radius 3 is 2.63 bits per heavy atom. The van der Waals surface area contributed by atoms with Gasteiger partial charge in [0.15, 0.2) is 0 Å². The van der Waals surface area contributed by atoms with Gasteiger partial charge in [0, 0.05) is 40.1 Å². The maximum atomic E-state index is 13.0. The molecule has 152 valence electrons. The Hall–Kier alpha value is -3.06. The predicted octanol–water partition coefficient (Wildman–Crippen LogP) is 5.49. The molecule has 0 unspecified atom stereocenters. The number of aromatic nitrogens is 1. The van der Waals surface area contributed by atoms with E-state index in [0.29, 0.717) is 11.3 Å². The van der Waals surface area contributed by atoms with Crippen molar-refractivity contribution in [2.75, 3.05) is 6.54 Å². The Bertz CT molecular complexity index is 1110. The van der Waals surface area contributed by atoms with Gasteiger partial charge in [-0.3, -0.25) is 9.78 Å². The molecule has 1 aliphatic rings. The van der Waals surface area contributed by atoms with Crippen LogP contribution in [0.1, 0.15) is 35.0 Å². The van der Waals surface area contributed by atoms with Gasteiger partial charge in [0.1, 0.15) is 0 Å². The fraction of sp³-hybridized carbons (Fsp3) is 0.174. The summed E-state index contributed by atoms with van der Waals surface area (Å²) in [6.07, 6.45) is 1.31. The summed E-state index contributed by atoms with van der Waals surface area (Å²) in [6, 6.07) is 18.8. The van der Waals surface area contributed by atoms with E-state index in [4.69, 9.17) is 4.99 Å². The zero-order valence-corrected chi connectivity index (χ0v) is 17.0. The molecule has 0 saturated heterocycles. The molecule has 0 fully saturated rings. The zero-order valence-electron chi connectivity index (χ0n) is 16.2. The highest BCUT2D eigenvalue weighted by Gasteiger charge is 2.22. The Labute approximate surface area is 177 Å². The standard InChI is InChI=1S/C23H19F2N3OS/c1-23(24,25)11-13-27-22(29)15-9-10-20-18(14-15)28-21(17-7-4-5-12-26-17)16-6-2-3-8-19(16)30-20/h2-10,12,14H,11,13H2,1H3,(H,27,29). The summed E-state index contributed by atoms with van der Waals surface area (Å²) < 4.78 is 26.0. The number of carbonyl (C=O) groups excluding carboxylic acids is 1. The molecule has 2 heterocycles. The third-order valence-electron chi connectivity index (χ3n) is 4.57. The summed E-state index contributed by atoms with van der Waals surface area (Å²) in [6.45, 7) is 0.742. The fourth-order valence-corrected chi connectivity index (χ4v) is 4.08. The van der Waals surface area contributed by atoms with Crippen LogP contribution in [-0.2, 0) is 0 Å². The first-order chi connectivity index (χ1) is 14.4. The van der Waals surface area contributed by atoms with Gasteiger partial charge in [-0.2, -0.15) is 0 Å². The summed E-state index contributed by atoms with van der Waals surface area (Å²) in [7, 11) is 0. The summed E-state index contributed by atoms with van der Waals surface area (Å²) >= 11 is 1.57. The normalized spacial score (nSPS) is 13.0. The minimum absolute atomic E-state index is 0.0952. The highest BCUT2D eigenvalue weighted by molar-refractivity contribution is 7.99. The average Bonchev–Trinajstić information content (AvgIpc) is 2.89. The van der Waals surface area contributed by atoms with Crippen LogP contribution in [0.15, 0.2) is 81.6 Å². The number of amides is 1. The molecule has 0 bridgehead atoms. The second kappa shape index (κ2) is 8.36. The Kier molecular flexibility index (Phi) is 5.63. The zero-order chi connectivity index (χ0) is 21.1. The van der Waals surface area contributed by atoms with Crippen molar-refractivity contribution in [1.29, 1.82) is 0 Å². The Morgan fingerprint density at radius 2 is 1.87 bits per heavy atom. The van der Waals surface area contributed by atoms with Gasteiger partial charge < -0.3 is 5.32 Å². The molecule has 0 aliphatic carbocycles. The lowest BCUT2D eigenvalue weighted by atomic mass is 10.1. The largest absolute Gasteiger partial charge is 0.352 e. The molecule has 3 aromatic rings. The van der Waals surface area contributed by atoms with Gasteiger partial charge in [-0.25, -0.2) is 13.8 Å². The number of pyridine rings is 1. The SMILES string of the molecule is CC(F)(F)CCNC(=O)c1ccc2c(c1)N=C(c1ccccn1)c1ccccc1S2. The first-order valence-electron chi connectivity index (χ1n) is 9.48. The van der Waals surface area contributed by atoms with Crippen molar-refractivity contribution in [3.63, 3.8) is 0 Å². The quantitative estimate of drug-likeness (QED) is 0.462. The molecular weight excluding hydrogens is 404 g/mol. The number of hydrogen-bond donors (Lipinski definition) is 1. The number of nitrogens with zero attached hydrogens (tertiary/aromatic N) is 2. The van der Waals surface area contributed by atoms with E-state index in [-0.39, 0.29) is 6.54 Å². The number of benzene rings is 2. The molecule has 4 rings (SSSR count). The van der Waals surface area contributed by atoms with Gasteiger partial charge in [0.2, 0.25) is 5.92 Å². The van der Waals surface area contributed by atoms with Crippen molar-refractivity contribution >= 4 is 29.1 Å². The third-order valence-corrected chi connectivity index (χ3v) is 5.71. The first-order valence-corrected chi connectivity index (χ1v) is 10.3. The molecule has 0 spiro atoms. The van der Waals surface area contributed by atoms with Crippen LogP contribution in [0.2, 0.25) is 0 Å². The monoisotopic (exact) mass is 423 g/mol. The fourth-order valence-electron chi connectivity index (χ4n) is 3.08. The van der Waals surface area contributed by atoms with Crippen LogP contribution in [-0.4, -0.2) is 29.1 Å². The lowest BCUT2D eigenvalue weighted by molar-refractivity contribution is 0.0137. The first kappa shape index (κ1) is 20.2. The molecule has 1 amide bonds. The maximum Gasteiger partial charge on any atom is 0.251 e. The number of hydrogen-bond acceptors (Lipinski definition) is 4. The number of fused-ring (bicyclic) bond motifs is 2. The van der Waals surface area contributed by atoms with Crippen LogP contribution < -0.4 is 5.32 Å². The van der Waals surface area contributed by atoms with Crippen LogP contribution >= 0.6 is 11.8 Å². The minimum atomic E-state index is -2.81. The topological polar surface area (TPSA) is 54.4 Å². The molecule has 1 aromatic heterocycles. The van der Waals surface area contributed by atoms with Crippen molar-refractivity contribution < 1.29 is 13.6 Å². The van der Waals surface area contributed by atoms with Gasteiger partial charge in [0.05, 0.1) is 17.1 Å². The van der Waals surface area contributed by atoms with Gasteiger partial charge in [-0.05, 0) is 43.3 Å². The van der Waals surface area contributed by atoms with E-state index in [9.17, 15) is 13.6 Å². The van der Waals surface area contributed by atoms with Gasteiger partial charge in [-0.1, -0.05) is 36.0 Å². The molecule has 1 N–H and O–H groups in total. The number of aliphatic imine (C=N–C) groups is 1. The van der Waals surface area contributed by atoms with Crippen molar-refractivity contribution in [3.8, 4) is 0 Å². The maximum absolute atomic E-state index is 13.0. The van der Waals surface area contributed by atoms with E-state index in [1.165, 1.54) is 0 Å². The molecule has 0 radical (unpaired) electrons. The summed E-state index contributed by atoms with van der Waals surface area (Å²) in [5.41, 5.74) is 3.45. The molecule has 4 nitrogen and oxygen atoms in total. The third kappa shape index (κ3) is 4.57. The minimum Gasteiger partial charge on any atom is -0.352 e. The van der Waals surface area contributed by atoms with Gasteiger partial charge in [0.25, 0.3) is 5.91 Å². The van der Waals surface area contributed by atoms with E-state index >= 15 is 0 Å². The highest BCUT2D eigenvalue weighted by atomic mass is 32.2. The molecule has 0 atom stereocenters. The van der Waals surface area contributed by atoms with Gasteiger partial charge in [-0.15, -0.1) is 0 Å². The Balaban J connectivity index is 1.70. The second-order valence-corrected chi connectivity index (χ2v) is 8.12. The van der Waals surface area contributed by atoms with Crippen molar-refractivity contribution in [1.82, 2.24) is 10.3 Å². The Morgan fingerprint density at radius 1 is 1.07 bits per heavy atom. The van der Waals surface area contributed by atoms with Crippen LogP contribution in [0.5, 0.6) is 0 Å². The summed E-state index contributed by atoms with van der Waals surface area (Å²) in [4.78, 5) is 23.7. The molecular formula is C23H19F2N3OS. The lowest BCUT2D eigenvalue weighted by Crippen LogP contribution is -2.28. The van der Waals surface area contributed by atoms with Crippen LogP contribution in [0.25, 0.3) is 0 Å². The molecule has 1 aliphatic heterocycles. The summed E-state index contributed by atoms with van der Waals surface area (Å²) in [5, 5.41) is 2.55. The van der Waals surface area contributed by atoms with E-state index in [0.717, 1.165) is 33.7 Å². The van der Waals surface area contributed by atoms with Crippen molar-refractivity contribution in [3.05, 3.63) is 83.7 Å². The number of carbonyl (C=O) groups is 1. The predicted molar refractivity (Wildman–Crippen MR) is 114 cm³/mol. The number of halogens is 2. The number of rotatable bonds is 5. The molecule has 30 heavy (non-hydrogen) atoms. The molecule has 2 aromatic carbocycles. The van der Waals surface area contributed by atoms with Crippen molar-refractivity contribution in [2.45, 2.75) is 29.1 Å². The van der Waals surface area contributed by atoms with Crippen LogP contribution in [0, 0.1) is 0 Å². The smallest absolute Gasteiger partial charge is 0.251 e. The van der Waals surface area contributed by atoms with Crippen LogP contribution in [0.3, 0.4) is 0 Å². The van der Waals surface area contributed by atoms with Crippen molar-refractivity contribution in [2.24, 2.45) is 4.99 Å². The van der Waals surface area contributed by atoms with Gasteiger partial charge >= 0.3 is 0 Å². The van der Waals surface area contributed by atoms with Crippen LogP contribution in [0.4, 0.5) is 14.5 Å². The molecule has 0 saturated carbocycles. The van der Waals surface area contributed by atoms with E-state index < -0.39 is 18.3 Å². The highest BCUT2D eigenvalue weighted by Crippen LogP contribution is 2.41. The number of alkyl halides is 2. The average molecular weight is 423 g/mol. The van der Waals surface area contributed by atoms with E-state index in [2.05, 4.69) is 10.3 Å². The lowest BCUT2D eigenvalue weighted by Gasteiger charge is -2.11. The molecule has 7 heteroatoms. The van der Waals surface area contributed by atoms with E-state index in [1.54, 1.807) is 30.1 Å². The number of nitrogens with one attached hydrogen (secondary N) is 1. The second-order valence-electron chi connectivity index (χ2n) is 7.03.